The van der Waals surface area contributed by atoms with E-state index in [1.54, 1.807) is 6.20 Å². The zero-order valence-corrected chi connectivity index (χ0v) is 19.2. The summed E-state index contributed by atoms with van der Waals surface area (Å²) in [6.45, 7) is 7.99. The van der Waals surface area contributed by atoms with Crippen molar-refractivity contribution in [2.24, 2.45) is 0 Å². The summed E-state index contributed by atoms with van der Waals surface area (Å²) in [4.78, 5) is 22.1. The number of amides is 1. The third kappa shape index (κ3) is 5.34. The number of aromatic nitrogens is 3. The van der Waals surface area contributed by atoms with Crippen LogP contribution in [-0.2, 0) is 11.3 Å². The van der Waals surface area contributed by atoms with Crippen LogP contribution in [0.15, 0.2) is 42.6 Å². The highest BCUT2D eigenvalue weighted by atomic mass is 35.5. The molecular weight excluding hydrogens is 439 g/mol. The number of imidazole rings is 1. The summed E-state index contributed by atoms with van der Waals surface area (Å²) in [5.74, 6) is 0.673. The van der Waals surface area contributed by atoms with E-state index >= 15 is 0 Å². The van der Waals surface area contributed by atoms with Gasteiger partial charge in [0.1, 0.15) is 17.9 Å². The van der Waals surface area contributed by atoms with E-state index in [0.29, 0.717) is 16.5 Å². The molecule has 0 radical (unpaired) electrons. The SMILES string of the molecule is CCN1CC(NC(=O)Cn2c(-c3ccc(Cl)cc3)nc3cccnc32)CN1CC.Cl.O. The van der Waals surface area contributed by atoms with Gasteiger partial charge >= 0.3 is 0 Å². The minimum Gasteiger partial charge on any atom is -0.412 e. The maximum atomic E-state index is 12.9. The van der Waals surface area contributed by atoms with E-state index in [-0.39, 0.29) is 36.4 Å². The van der Waals surface area contributed by atoms with E-state index in [1.165, 1.54) is 0 Å². The van der Waals surface area contributed by atoms with Gasteiger partial charge in [0.15, 0.2) is 5.65 Å². The van der Waals surface area contributed by atoms with Gasteiger partial charge in [0, 0.05) is 43.0 Å². The third-order valence-electron chi connectivity index (χ3n) is 5.27. The molecule has 0 aliphatic carbocycles. The van der Waals surface area contributed by atoms with Crippen molar-refractivity contribution in [1.29, 1.82) is 0 Å². The van der Waals surface area contributed by atoms with Gasteiger partial charge in [-0.15, -0.1) is 12.4 Å². The molecule has 1 aliphatic heterocycles. The lowest BCUT2D eigenvalue weighted by Crippen LogP contribution is -2.40. The average molecular weight is 467 g/mol. The van der Waals surface area contributed by atoms with Crippen LogP contribution in [0.3, 0.4) is 0 Å². The van der Waals surface area contributed by atoms with Crippen molar-refractivity contribution < 1.29 is 10.3 Å². The maximum Gasteiger partial charge on any atom is 0.240 e. The van der Waals surface area contributed by atoms with Gasteiger partial charge in [0.2, 0.25) is 5.91 Å². The van der Waals surface area contributed by atoms with Crippen molar-refractivity contribution in [3.05, 3.63) is 47.6 Å². The quantitative estimate of drug-likeness (QED) is 0.601. The van der Waals surface area contributed by atoms with Gasteiger partial charge in [0.25, 0.3) is 0 Å². The standard InChI is InChI=1S/C21H25ClN6O.ClH.H2O/c1-3-26-12-17(13-27(26)4-2)24-19(29)14-28-20(15-7-9-16(22)10-8-15)25-18-6-5-11-23-21(18)28;;/h5-11,17H,3-4,12-14H2,1-2H3,(H,24,29);1H;1H2. The van der Waals surface area contributed by atoms with Crippen LogP contribution < -0.4 is 5.32 Å². The molecule has 0 saturated carbocycles. The summed E-state index contributed by atoms with van der Waals surface area (Å²) in [6.07, 6.45) is 1.72. The first-order valence-electron chi connectivity index (χ1n) is 9.95. The maximum absolute atomic E-state index is 12.9. The molecule has 0 atom stereocenters. The number of fused-ring (bicyclic) bond motifs is 1. The highest BCUT2D eigenvalue weighted by Gasteiger charge is 2.29. The predicted octanol–water partition coefficient (Wildman–Crippen LogP) is 2.41. The number of carbonyl (C=O) groups excluding carboxylic acids is 1. The predicted molar refractivity (Wildman–Crippen MR) is 125 cm³/mol. The number of carbonyl (C=O) groups is 1. The van der Waals surface area contributed by atoms with Crippen molar-refractivity contribution in [1.82, 2.24) is 29.9 Å². The Morgan fingerprint density at radius 3 is 2.39 bits per heavy atom. The van der Waals surface area contributed by atoms with E-state index in [2.05, 4.69) is 34.2 Å². The number of halogens is 2. The Morgan fingerprint density at radius 1 is 1.13 bits per heavy atom. The van der Waals surface area contributed by atoms with Gasteiger partial charge in [-0.25, -0.2) is 20.0 Å². The largest absolute Gasteiger partial charge is 0.412 e. The monoisotopic (exact) mass is 466 g/mol. The molecule has 0 unspecified atom stereocenters. The van der Waals surface area contributed by atoms with Crippen molar-refractivity contribution in [3.63, 3.8) is 0 Å². The zero-order chi connectivity index (χ0) is 20.4. The second-order valence-electron chi connectivity index (χ2n) is 7.15. The minimum absolute atomic E-state index is 0. The number of hydrazine groups is 1. The molecule has 3 N–H and O–H groups in total. The van der Waals surface area contributed by atoms with Gasteiger partial charge in [0.05, 0.1) is 6.04 Å². The first-order chi connectivity index (χ1) is 14.1. The lowest BCUT2D eigenvalue weighted by atomic mass is 10.2. The van der Waals surface area contributed by atoms with E-state index in [9.17, 15) is 4.79 Å². The minimum atomic E-state index is -0.0378. The number of nitrogens with one attached hydrogen (secondary N) is 1. The summed E-state index contributed by atoms with van der Waals surface area (Å²) >= 11 is 6.03. The highest BCUT2D eigenvalue weighted by molar-refractivity contribution is 6.30. The summed E-state index contributed by atoms with van der Waals surface area (Å²) < 4.78 is 1.87. The summed E-state index contributed by atoms with van der Waals surface area (Å²) in [6, 6.07) is 11.3. The number of hydrogen-bond acceptors (Lipinski definition) is 5. The molecule has 1 fully saturated rings. The fraction of sp³-hybridized carbons (Fsp3) is 0.381. The highest BCUT2D eigenvalue weighted by Crippen LogP contribution is 2.25. The second-order valence-corrected chi connectivity index (χ2v) is 7.59. The molecule has 3 aromatic rings. The van der Waals surface area contributed by atoms with Gasteiger partial charge in [-0.05, 0) is 36.4 Å². The molecule has 2 aromatic heterocycles. The Balaban J connectivity index is 0.00000171. The van der Waals surface area contributed by atoms with E-state index in [1.807, 2.05) is 41.0 Å². The Labute approximate surface area is 192 Å². The molecular formula is C21H28Cl2N6O2. The summed E-state index contributed by atoms with van der Waals surface area (Å²) in [5.41, 5.74) is 2.36. The molecule has 168 valence electrons. The molecule has 10 heteroatoms. The van der Waals surface area contributed by atoms with Gasteiger partial charge < -0.3 is 10.8 Å². The third-order valence-corrected chi connectivity index (χ3v) is 5.52. The van der Waals surface area contributed by atoms with Crippen LogP contribution in [0.1, 0.15) is 13.8 Å². The van der Waals surface area contributed by atoms with Gasteiger partial charge in [-0.2, -0.15) is 0 Å². The number of hydrogen-bond donors (Lipinski definition) is 1. The van der Waals surface area contributed by atoms with Crippen molar-refractivity contribution in [2.45, 2.75) is 26.4 Å². The smallest absolute Gasteiger partial charge is 0.240 e. The van der Waals surface area contributed by atoms with E-state index in [4.69, 9.17) is 16.6 Å². The van der Waals surface area contributed by atoms with Crippen molar-refractivity contribution >= 4 is 41.1 Å². The van der Waals surface area contributed by atoms with Crippen LogP contribution in [0.5, 0.6) is 0 Å². The lowest BCUT2D eigenvalue weighted by molar-refractivity contribution is -0.122. The summed E-state index contributed by atoms with van der Waals surface area (Å²) in [5, 5.41) is 8.39. The van der Waals surface area contributed by atoms with Gasteiger partial charge in [-0.1, -0.05) is 25.4 Å². The number of benzene rings is 1. The molecule has 3 heterocycles. The Bertz CT molecular complexity index is 999. The van der Waals surface area contributed by atoms with Crippen LogP contribution in [0.2, 0.25) is 5.02 Å². The Hall–Kier alpha value is -2.23. The molecule has 31 heavy (non-hydrogen) atoms. The fourth-order valence-corrected chi connectivity index (χ4v) is 4.02. The molecule has 1 aliphatic rings. The number of likely N-dealkylation sites (N-methyl/N-ethyl adjacent to an activating group) is 2. The number of pyridine rings is 1. The molecule has 0 spiro atoms. The lowest BCUT2D eigenvalue weighted by Gasteiger charge is -2.24. The van der Waals surface area contributed by atoms with Gasteiger partial charge in [-0.3, -0.25) is 9.36 Å². The van der Waals surface area contributed by atoms with Crippen LogP contribution in [0.25, 0.3) is 22.6 Å². The Morgan fingerprint density at radius 2 is 1.77 bits per heavy atom. The van der Waals surface area contributed by atoms with Crippen LogP contribution in [-0.4, -0.2) is 68.2 Å². The second kappa shape index (κ2) is 10.9. The molecule has 1 aromatic carbocycles. The van der Waals surface area contributed by atoms with E-state index < -0.39 is 0 Å². The molecule has 0 bridgehead atoms. The normalized spacial score (nSPS) is 14.9. The van der Waals surface area contributed by atoms with E-state index in [0.717, 1.165) is 37.3 Å². The fourth-order valence-electron chi connectivity index (χ4n) is 3.89. The topological polar surface area (TPSA) is 97.8 Å². The van der Waals surface area contributed by atoms with Crippen LogP contribution >= 0.6 is 24.0 Å². The van der Waals surface area contributed by atoms with Crippen LogP contribution in [0.4, 0.5) is 0 Å². The molecule has 1 saturated heterocycles. The summed E-state index contributed by atoms with van der Waals surface area (Å²) in [7, 11) is 0. The van der Waals surface area contributed by atoms with Crippen molar-refractivity contribution in [3.8, 4) is 11.4 Å². The molecule has 1 amide bonds. The zero-order valence-electron chi connectivity index (χ0n) is 17.6. The molecule has 4 rings (SSSR count). The van der Waals surface area contributed by atoms with Crippen molar-refractivity contribution in [2.75, 3.05) is 26.2 Å². The first-order valence-corrected chi connectivity index (χ1v) is 10.3. The molecule has 8 nitrogen and oxygen atoms in total. The number of rotatable bonds is 6. The number of nitrogens with zero attached hydrogens (tertiary/aromatic N) is 5. The Kier molecular flexibility index (Phi) is 8.79. The average Bonchev–Trinajstić information content (AvgIpc) is 3.29. The first kappa shape index (κ1) is 25.0. The van der Waals surface area contributed by atoms with Crippen LogP contribution in [0, 0.1) is 0 Å².